The molecule has 2 aromatic rings. The molecule has 1 unspecified atom stereocenters. The summed E-state index contributed by atoms with van der Waals surface area (Å²) in [7, 11) is -4.32. The van der Waals surface area contributed by atoms with Gasteiger partial charge in [0.1, 0.15) is 30.2 Å². The minimum atomic E-state index is -4.32. The second kappa shape index (κ2) is 8.98. The highest BCUT2D eigenvalue weighted by molar-refractivity contribution is 7.71. The summed E-state index contributed by atoms with van der Waals surface area (Å²) in [6.07, 6.45) is 6.48. The van der Waals surface area contributed by atoms with Crippen molar-refractivity contribution >= 4 is 41.3 Å². The first-order chi connectivity index (χ1) is 18.6. The normalized spacial score (nSPS) is 21.4. The van der Waals surface area contributed by atoms with Crippen molar-refractivity contribution in [1.29, 1.82) is 0 Å². The molecule has 0 bridgehead atoms. The fourth-order valence-electron chi connectivity index (χ4n) is 5.27. The Labute approximate surface area is 219 Å². The number of allylic oxidation sites excluding steroid dienone is 5. The van der Waals surface area contributed by atoms with Gasteiger partial charge in [-0.3, -0.25) is 4.57 Å². The molecule has 2 fully saturated rings. The lowest BCUT2D eigenvalue weighted by Crippen LogP contribution is -2.37. The summed E-state index contributed by atoms with van der Waals surface area (Å²) >= 11 is 0. The number of fused-ring (bicyclic) bond motifs is 2. The van der Waals surface area contributed by atoms with Crippen LogP contribution in [0.25, 0.3) is 16.0 Å². The molecule has 4 aliphatic rings. The number of carboxylic acids is 1. The number of carboxylic acid groups (broad SMARTS) is 1. The van der Waals surface area contributed by atoms with E-state index < -0.39 is 47.6 Å². The van der Waals surface area contributed by atoms with Gasteiger partial charge in [0.05, 0.1) is 17.0 Å². The third kappa shape index (κ3) is 3.67. The van der Waals surface area contributed by atoms with Gasteiger partial charge in [0, 0.05) is 47.0 Å². The minimum Gasteiger partial charge on any atom is -0.478 e. The number of rotatable bonds is 4. The molecule has 13 heteroatoms. The zero-order valence-corrected chi connectivity index (χ0v) is 21.1. The second-order valence-electron chi connectivity index (χ2n) is 9.57. The maximum absolute atomic E-state index is 15.9. The van der Waals surface area contributed by atoms with Crippen LogP contribution in [0.3, 0.4) is 0 Å². The quantitative estimate of drug-likeness (QED) is 0.138. The first-order valence-corrected chi connectivity index (χ1v) is 13.8. The van der Waals surface area contributed by atoms with Crippen molar-refractivity contribution in [3.8, 4) is 0 Å². The molecule has 2 aromatic carbocycles. The van der Waals surface area contributed by atoms with Gasteiger partial charge in [0.15, 0.2) is 11.6 Å². The van der Waals surface area contributed by atoms with E-state index in [-0.39, 0.29) is 27.3 Å². The monoisotopic (exact) mass is 554 g/mol. The summed E-state index contributed by atoms with van der Waals surface area (Å²) in [5, 5.41) is 12.6. The summed E-state index contributed by atoms with van der Waals surface area (Å²) in [5.41, 5.74) is 6.39. The lowest BCUT2D eigenvalue weighted by molar-refractivity contribution is -0.582. The van der Waals surface area contributed by atoms with E-state index in [9.17, 15) is 23.7 Å². The van der Waals surface area contributed by atoms with Crippen molar-refractivity contribution in [3.05, 3.63) is 91.9 Å². The predicted molar refractivity (Wildman–Crippen MR) is 138 cm³/mol. The summed E-state index contributed by atoms with van der Waals surface area (Å²) in [5.74, 6) is -7.42. The van der Waals surface area contributed by atoms with Gasteiger partial charge in [-0.25, -0.2) is 22.5 Å². The zero-order valence-electron chi connectivity index (χ0n) is 20.2. The number of halogens is 3. The van der Waals surface area contributed by atoms with E-state index in [1.807, 2.05) is 9.48 Å². The molecule has 6 rings (SSSR count). The second-order valence-corrected chi connectivity index (χ2v) is 11.7. The Morgan fingerprint density at radius 3 is 2.44 bits per heavy atom. The summed E-state index contributed by atoms with van der Waals surface area (Å²) < 4.78 is 61.8. The molecule has 39 heavy (non-hydrogen) atoms. The van der Waals surface area contributed by atoms with E-state index >= 15 is 8.78 Å². The minimum absolute atomic E-state index is 0.00592. The van der Waals surface area contributed by atoms with Crippen LogP contribution in [0.1, 0.15) is 34.3 Å². The number of hydrogen-bond acceptors (Lipinski definition) is 4. The van der Waals surface area contributed by atoms with E-state index in [1.165, 1.54) is 24.3 Å². The predicted octanol–water partition coefficient (Wildman–Crippen LogP) is 4.98. The Balaban J connectivity index is 1.74. The van der Waals surface area contributed by atoms with Crippen molar-refractivity contribution in [2.75, 3.05) is 31.1 Å². The number of hydrogen-bond donors (Lipinski definition) is 2. The van der Waals surface area contributed by atoms with Crippen LogP contribution in [-0.2, 0) is 4.57 Å². The standard InChI is InChI=1S/C26H19F3N5O4P/c27-22-21(26(35)36)20(23(28)25(24(22)29)31-32-30)19-15-5-3-13(33-7-1-8-33)11-17(15)39(37,38)18-12-14(4-6-16(18)19)34-9-2-10-34/h3-6,11-12H,1-2,7-10H2,(H-,35,36,37,38)/p+1. The molecule has 0 spiro atoms. The third-order valence-corrected chi connectivity index (χ3v) is 9.55. The molecule has 9 nitrogen and oxygen atoms in total. The molecular formula is C26H20F3N5O4P+. The summed E-state index contributed by atoms with van der Waals surface area (Å²) in [4.78, 5) is 28.0. The van der Waals surface area contributed by atoms with Gasteiger partial charge in [-0.1, -0.05) is 11.2 Å². The van der Waals surface area contributed by atoms with Gasteiger partial charge >= 0.3 is 5.97 Å². The Kier molecular flexibility index (Phi) is 5.80. The zero-order chi connectivity index (χ0) is 27.6. The van der Waals surface area contributed by atoms with Crippen LogP contribution in [0.5, 0.6) is 0 Å². The summed E-state index contributed by atoms with van der Waals surface area (Å²) in [6, 6.07) is 4.60. The van der Waals surface area contributed by atoms with Gasteiger partial charge in [0.2, 0.25) is 5.71 Å². The number of anilines is 1. The topological polar surface area (TPSA) is 130 Å². The molecule has 1 atom stereocenters. The number of nitrogens with zero attached hydrogens (tertiary/aromatic N) is 5. The molecule has 0 aromatic heterocycles. The van der Waals surface area contributed by atoms with Gasteiger partial charge in [-0.05, 0) is 41.3 Å². The molecule has 3 heterocycles. The Bertz CT molecular complexity index is 1730. The van der Waals surface area contributed by atoms with E-state index in [0.29, 0.717) is 11.4 Å². The lowest BCUT2D eigenvalue weighted by Gasteiger charge is -2.36. The SMILES string of the molecule is [N-]=[N+]=Nc1c(F)c(F)c(C(=O)O)c(C2=C3C=CC(=[N+]4CCC4)C=C3P(=O)(O)c3cc(N4CCC4)ccc32)c1F. The van der Waals surface area contributed by atoms with Crippen LogP contribution in [0.4, 0.5) is 24.5 Å². The van der Waals surface area contributed by atoms with Crippen molar-refractivity contribution < 1.29 is 37.1 Å². The third-order valence-electron chi connectivity index (χ3n) is 7.50. The molecule has 3 aliphatic heterocycles. The lowest BCUT2D eigenvalue weighted by atomic mass is 9.86. The highest BCUT2D eigenvalue weighted by Crippen LogP contribution is 2.60. The molecule has 0 amide bonds. The molecule has 2 N–H and O–H groups in total. The highest BCUT2D eigenvalue weighted by Gasteiger charge is 2.44. The van der Waals surface area contributed by atoms with Crippen molar-refractivity contribution in [2.24, 2.45) is 5.11 Å². The van der Waals surface area contributed by atoms with Crippen LogP contribution >= 0.6 is 7.37 Å². The van der Waals surface area contributed by atoms with Gasteiger partial charge in [-0.15, -0.1) is 0 Å². The van der Waals surface area contributed by atoms with Gasteiger partial charge in [-0.2, -0.15) is 0 Å². The smallest absolute Gasteiger partial charge is 0.339 e. The van der Waals surface area contributed by atoms with Gasteiger partial charge < -0.3 is 14.9 Å². The van der Waals surface area contributed by atoms with Crippen molar-refractivity contribution in [2.45, 2.75) is 12.8 Å². The number of carbonyl (C=O) groups is 1. The van der Waals surface area contributed by atoms with E-state index in [2.05, 4.69) is 10.0 Å². The maximum atomic E-state index is 15.9. The molecule has 0 saturated carbocycles. The number of aromatic carboxylic acids is 1. The Hall–Kier alpha value is -4.11. The fraction of sp³-hybridized carbons (Fsp3) is 0.231. The van der Waals surface area contributed by atoms with E-state index in [0.717, 1.165) is 39.0 Å². The average Bonchev–Trinajstić information content (AvgIpc) is 2.83. The first-order valence-electron chi connectivity index (χ1n) is 12.1. The van der Waals surface area contributed by atoms with Crippen molar-refractivity contribution in [1.82, 2.24) is 0 Å². The molecule has 198 valence electrons. The van der Waals surface area contributed by atoms with Crippen molar-refractivity contribution in [3.63, 3.8) is 0 Å². The first kappa shape index (κ1) is 25.2. The van der Waals surface area contributed by atoms with E-state index in [1.54, 1.807) is 12.1 Å². The van der Waals surface area contributed by atoms with Crippen LogP contribution < -0.4 is 10.2 Å². The largest absolute Gasteiger partial charge is 0.478 e. The molecule has 0 radical (unpaired) electrons. The summed E-state index contributed by atoms with van der Waals surface area (Å²) in [6.45, 7) is 2.93. The van der Waals surface area contributed by atoms with E-state index in [4.69, 9.17) is 5.53 Å². The fourth-order valence-corrected chi connectivity index (χ4v) is 7.17. The maximum Gasteiger partial charge on any atom is 0.339 e. The number of azide groups is 1. The van der Waals surface area contributed by atoms with Crippen LogP contribution in [0.2, 0.25) is 0 Å². The van der Waals surface area contributed by atoms with Crippen LogP contribution in [0.15, 0.2) is 52.4 Å². The van der Waals surface area contributed by atoms with Crippen LogP contribution in [0, 0.1) is 17.5 Å². The average molecular weight is 554 g/mol. The molecule has 1 aliphatic carbocycles. The number of benzene rings is 2. The highest BCUT2D eigenvalue weighted by atomic mass is 31.2. The van der Waals surface area contributed by atoms with Crippen LogP contribution in [-0.4, -0.2) is 52.4 Å². The molecule has 2 saturated heterocycles. The molecular weight excluding hydrogens is 534 g/mol. The Morgan fingerprint density at radius 1 is 1.10 bits per heavy atom. The van der Waals surface area contributed by atoms with Gasteiger partial charge in [0.25, 0.3) is 7.37 Å². The Morgan fingerprint density at radius 2 is 1.85 bits per heavy atom.